The van der Waals surface area contributed by atoms with Crippen molar-refractivity contribution in [2.24, 2.45) is 0 Å². The highest BCUT2D eigenvalue weighted by molar-refractivity contribution is 6.09. The number of carbonyl (C=O) groups is 3. The molecule has 140 valence electrons. The lowest BCUT2D eigenvalue weighted by Crippen LogP contribution is -2.44. The van der Waals surface area contributed by atoms with Gasteiger partial charge in [-0.25, -0.2) is 4.79 Å². The summed E-state index contributed by atoms with van der Waals surface area (Å²) in [6, 6.07) is 18.1. The number of nitrogens with one attached hydrogen (secondary N) is 1. The van der Waals surface area contributed by atoms with Crippen LogP contribution in [0.1, 0.15) is 25.0 Å². The molecule has 0 bridgehead atoms. The summed E-state index contributed by atoms with van der Waals surface area (Å²) in [6.45, 7) is 4.20. The molecule has 1 aliphatic heterocycles. The molecule has 1 saturated heterocycles. The molecule has 1 heterocycles. The summed E-state index contributed by atoms with van der Waals surface area (Å²) in [7, 11) is 0. The smallest absolute Gasteiger partial charge is 0.325 e. The van der Waals surface area contributed by atoms with Gasteiger partial charge in [-0.05, 0) is 25.0 Å². The fraction of sp³-hybridized carbons (Fsp3) is 0.286. The molecule has 6 heteroatoms. The zero-order chi connectivity index (χ0) is 19.4. The summed E-state index contributed by atoms with van der Waals surface area (Å²) in [5, 5.41) is 2.73. The van der Waals surface area contributed by atoms with Gasteiger partial charge in [0.1, 0.15) is 12.1 Å². The van der Waals surface area contributed by atoms with Crippen molar-refractivity contribution < 1.29 is 14.4 Å². The maximum absolute atomic E-state index is 12.9. The molecule has 0 aliphatic carbocycles. The van der Waals surface area contributed by atoms with Crippen LogP contribution in [0.4, 0.5) is 4.79 Å². The van der Waals surface area contributed by atoms with Gasteiger partial charge in [-0.15, -0.1) is 0 Å². The molecular weight excluding hydrogens is 342 g/mol. The number of rotatable bonds is 6. The van der Waals surface area contributed by atoms with Crippen LogP contribution < -0.4 is 5.32 Å². The Balaban J connectivity index is 1.73. The molecule has 1 atom stereocenters. The minimum Gasteiger partial charge on any atom is -0.337 e. The van der Waals surface area contributed by atoms with Crippen molar-refractivity contribution in [3.8, 4) is 0 Å². The van der Waals surface area contributed by atoms with E-state index in [9.17, 15) is 14.4 Å². The van der Waals surface area contributed by atoms with Crippen LogP contribution in [0.3, 0.4) is 0 Å². The Kier molecular flexibility index (Phi) is 5.26. The van der Waals surface area contributed by atoms with E-state index in [1.807, 2.05) is 55.5 Å². The second kappa shape index (κ2) is 7.61. The SMILES string of the molecule is CCN(Cc1ccccc1)C(=O)CN1C(=O)N[C@@](C)(c2ccccc2)C1=O. The van der Waals surface area contributed by atoms with Crippen molar-refractivity contribution in [3.05, 3.63) is 71.8 Å². The van der Waals surface area contributed by atoms with Gasteiger partial charge in [0.15, 0.2) is 0 Å². The van der Waals surface area contributed by atoms with Crippen LogP contribution in [0, 0.1) is 0 Å². The molecule has 0 aromatic heterocycles. The van der Waals surface area contributed by atoms with Gasteiger partial charge < -0.3 is 10.2 Å². The molecule has 1 aliphatic rings. The average Bonchev–Trinajstić information content (AvgIpc) is 2.91. The number of nitrogens with zero attached hydrogens (tertiary/aromatic N) is 2. The number of urea groups is 1. The largest absolute Gasteiger partial charge is 0.337 e. The minimum atomic E-state index is -1.16. The van der Waals surface area contributed by atoms with Crippen molar-refractivity contribution in [2.45, 2.75) is 25.9 Å². The number of carbonyl (C=O) groups excluding carboxylic acids is 3. The van der Waals surface area contributed by atoms with E-state index in [1.165, 1.54) is 0 Å². The molecule has 0 spiro atoms. The maximum atomic E-state index is 12.9. The first kappa shape index (κ1) is 18.6. The van der Waals surface area contributed by atoms with Crippen LogP contribution in [0.2, 0.25) is 0 Å². The standard InChI is InChI=1S/C21H23N3O3/c1-3-23(14-16-10-6-4-7-11-16)18(25)15-24-19(26)21(2,22-20(24)27)17-12-8-5-9-13-17/h4-13H,3,14-15H2,1-2H3,(H,22,27)/t21-/m0/s1. The van der Waals surface area contributed by atoms with E-state index in [4.69, 9.17) is 0 Å². The van der Waals surface area contributed by atoms with Gasteiger partial charge in [0.2, 0.25) is 5.91 Å². The van der Waals surface area contributed by atoms with Crippen molar-refractivity contribution in [1.29, 1.82) is 0 Å². The van der Waals surface area contributed by atoms with Crippen molar-refractivity contribution >= 4 is 17.8 Å². The third-order valence-electron chi connectivity index (χ3n) is 4.87. The lowest BCUT2D eigenvalue weighted by atomic mass is 9.92. The number of hydrogen-bond donors (Lipinski definition) is 1. The first-order valence-corrected chi connectivity index (χ1v) is 8.97. The summed E-state index contributed by atoms with van der Waals surface area (Å²) < 4.78 is 0. The minimum absolute atomic E-state index is 0.262. The second-order valence-electron chi connectivity index (χ2n) is 6.71. The van der Waals surface area contributed by atoms with E-state index >= 15 is 0 Å². The fourth-order valence-electron chi connectivity index (χ4n) is 3.22. The molecule has 0 radical (unpaired) electrons. The van der Waals surface area contributed by atoms with E-state index in [0.717, 1.165) is 10.5 Å². The molecule has 6 nitrogen and oxygen atoms in total. The predicted octanol–water partition coefficient (Wildman–Crippen LogP) is 2.50. The fourth-order valence-corrected chi connectivity index (χ4v) is 3.22. The number of benzene rings is 2. The predicted molar refractivity (Wildman–Crippen MR) is 102 cm³/mol. The van der Waals surface area contributed by atoms with Gasteiger partial charge >= 0.3 is 6.03 Å². The Labute approximate surface area is 158 Å². The third-order valence-corrected chi connectivity index (χ3v) is 4.87. The van der Waals surface area contributed by atoms with Crippen molar-refractivity contribution in [3.63, 3.8) is 0 Å². The van der Waals surface area contributed by atoms with Gasteiger partial charge in [0, 0.05) is 13.1 Å². The van der Waals surface area contributed by atoms with Gasteiger partial charge in [-0.2, -0.15) is 0 Å². The number of imide groups is 1. The highest BCUT2D eigenvalue weighted by Crippen LogP contribution is 2.28. The summed E-state index contributed by atoms with van der Waals surface area (Å²) in [6.07, 6.45) is 0. The van der Waals surface area contributed by atoms with Crippen LogP contribution in [-0.4, -0.2) is 40.7 Å². The van der Waals surface area contributed by atoms with E-state index in [-0.39, 0.29) is 12.5 Å². The zero-order valence-electron chi connectivity index (χ0n) is 15.5. The van der Waals surface area contributed by atoms with Gasteiger partial charge in [-0.1, -0.05) is 60.7 Å². The molecular formula is C21H23N3O3. The quantitative estimate of drug-likeness (QED) is 0.800. The lowest BCUT2D eigenvalue weighted by molar-refractivity contribution is -0.139. The first-order chi connectivity index (χ1) is 13.0. The zero-order valence-corrected chi connectivity index (χ0v) is 15.5. The van der Waals surface area contributed by atoms with E-state index in [0.29, 0.717) is 18.7 Å². The third kappa shape index (κ3) is 3.69. The Morgan fingerprint density at radius 1 is 1.04 bits per heavy atom. The molecule has 0 unspecified atom stereocenters. The Hall–Kier alpha value is -3.15. The van der Waals surface area contributed by atoms with Gasteiger partial charge in [0.25, 0.3) is 5.91 Å². The van der Waals surface area contributed by atoms with Crippen LogP contribution in [0.15, 0.2) is 60.7 Å². The van der Waals surface area contributed by atoms with Crippen molar-refractivity contribution in [1.82, 2.24) is 15.1 Å². The number of likely N-dealkylation sites (N-methyl/N-ethyl adjacent to an activating group) is 1. The molecule has 1 fully saturated rings. The Morgan fingerprint density at radius 2 is 1.63 bits per heavy atom. The Morgan fingerprint density at radius 3 is 2.22 bits per heavy atom. The highest BCUT2D eigenvalue weighted by Gasteiger charge is 2.49. The average molecular weight is 365 g/mol. The van der Waals surface area contributed by atoms with Crippen LogP contribution in [0.5, 0.6) is 0 Å². The highest BCUT2D eigenvalue weighted by atomic mass is 16.2. The maximum Gasteiger partial charge on any atom is 0.325 e. The van der Waals surface area contributed by atoms with Crippen LogP contribution in [0.25, 0.3) is 0 Å². The first-order valence-electron chi connectivity index (χ1n) is 8.97. The molecule has 1 N–H and O–H groups in total. The van der Waals surface area contributed by atoms with Crippen LogP contribution >= 0.6 is 0 Å². The molecule has 3 rings (SSSR count). The monoisotopic (exact) mass is 365 g/mol. The summed E-state index contributed by atoms with van der Waals surface area (Å²) >= 11 is 0. The lowest BCUT2D eigenvalue weighted by Gasteiger charge is -2.24. The summed E-state index contributed by atoms with van der Waals surface area (Å²) in [5.74, 6) is -0.676. The molecule has 27 heavy (non-hydrogen) atoms. The molecule has 0 saturated carbocycles. The topological polar surface area (TPSA) is 69.7 Å². The Bertz CT molecular complexity index is 838. The molecule has 4 amide bonds. The molecule has 2 aromatic rings. The van der Waals surface area contributed by atoms with E-state index < -0.39 is 17.5 Å². The van der Waals surface area contributed by atoms with E-state index in [2.05, 4.69) is 5.32 Å². The summed E-state index contributed by atoms with van der Waals surface area (Å²) in [4.78, 5) is 40.7. The summed E-state index contributed by atoms with van der Waals surface area (Å²) in [5.41, 5.74) is 0.531. The van der Waals surface area contributed by atoms with Crippen LogP contribution in [-0.2, 0) is 21.7 Å². The van der Waals surface area contributed by atoms with E-state index in [1.54, 1.807) is 24.0 Å². The van der Waals surface area contributed by atoms with Gasteiger partial charge in [-0.3, -0.25) is 14.5 Å². The normalized spacial score (nSPS) is 19.1. The van der Waals surface area contributed by atoms with Gasteiger partial charge in [0.05, 0.1) is 0 Å². The van der Waals surface area contributed by atoms with Crippen molar-refractivity contribution in [2.75, 3.05) is 13.1 Å². The number of amides is 4. The molecule has 2 aromatic carbocycles. The number of hydrogen-bond acceptors (Lipinski definition) is 3. The second-order valence-corrected chi connectivity index (χ2v) is 6.71.